The molecular formula is C39H40IrN4OSi-2. The second kappa shape index (κ2) is 13.4. The molecule has 0 saturated heterocycles. The molecule has 0 unspecified atom stereocenters. The summed E-state index contributed by atoms with van der Waals surface area (Å²) in [4.78, 5) is 14.0. The molecule has 3 aromatic carbocycles. The van der Waals surface area contributed by atoms with Crippen molar-refractivity contribution in [2.75, 3.05) is 0 Å². The molecule has 0 spiro atoms. The number of pyridine rings is 2. The molecule has 4 aromatic heterocycles. The number of hydrogen-bond donors (Lipinski definition) is 0. The van der Waals surface area contributed by atoms with Gasteiger partial charge in [0.05, 0.1) is 30.5 Å². The molecule has 4 heterocycles. The maximum Gasteiger partial charge on any atom is 0.216 e. The number of aryl methyl sites for hydroxylation is 1. The summed E-state index contributed by atoms with van der Waals surface area (Å²) in [6.07, 6.45) is 1.98. The van der Waals surface area contributed by atoms with Crippen LogP contribution in [0.2, 0.25) is 19.6 Å². The van der Waals surface area contributed by atoms with Crippen LogP contribution in [-0.4, -0.2) is 27.6 Å². The molecular weight excluding hydrogens is 761 g/mol. The van der Waals surface area contributed by atoms with E-state index < -0.39 is 14.0 Å². The first-order valence-corrected chi connectivity index (χ1v) is 19.0. The normalized spacial score (nSPS) is 12.2. The number of imidazole rings is 1. The zero-order chi connectivity index (χ0) is 32.8. The van der Waals surface area contributed by atoms with Crippen molar-refractivity contribution < 1.29 is 25.9 Å². The van der Waals surface area contributed by atoms with Crippen LogP contribution in [0.25, 0.3) is 55.7 Å². The number of benzene rings is 3. The van der Waals surface area contributed by atoms with Gasteiger partial charge in [-0.25, -0.2) is 4.98 Å². The summed E-state index contributed by atoms with van der Waals surface area (Å²) in [5, 5.41) is 3.34. The fourth-order valence-corrected chi connectivity index (χ4v) is 7.37. The third-order valence-corrected chi connectivity index (χ3v) is 10.0. The van der Waals surface area contributed by atoms with Crippen LogP contribution in [-0.2, 0) is 20.1 Å². The minimum Gasteiger partial charge on any atom is -0.486 e. The van der Waals surface area contributed by atoms with E-state index in [0.717, 1.165) is 61.3 Å². The first kappa shape index (κ1) is 32.1. The first-order chi connectivity index (χ1) is 21.8. The van der Waals surface area contributed by atoms with Gasteiger partial charge < -0.3 is 14.0 Å². The van der Waals surface area contributed by atoms with Crippen LogP contribution in [0.15, 0.2) is 89.5 Å². The van der Waals surface area contributed by atoms with E-state index in [9.17, 15) is 0 Å². The van der Waals surface area contributed by atoms with E-state index in [-0.39, 0.29) is 26.1 Å². The van der Waals surface area contributed by atoms with Crippen molar-refractivity contribution in [1.82, 2.24) is 19.5 Å². The summed E-state index contributed by atoms with van der Waals surface area (Å²) in [7, 11) is -1.50. The topological polar surface area (TPSA) is 56.7 Å². The Hall–Kier alpha value is -3.90. The molecule has 0 fully saturated rings. The molecule has 0 atom stereocenters. The monoisotopic (exact) mass is 802 g/mol. The average Bonchev–Trinajstić information content (AvgIpc) is 3.59. The van der Waals surface area contributed by atoms with Gasteiger partial charge in [-0.2, -0.15) is 0 Å². The van der Waals surface area contributed by atoms with Gasteiger partial charge in [0, 0.05) is 44.8 Å². The third-order valence-electron chi connectivity index (χ3n) is 8.01. The van der Waals surface area contributed by atoms with Crippen molar-refractivity contribution >= 4 is 46.4 Å². The molecule has 237 valence electrons. The standard InChI is InChI=1S/C22H18N3O.C17H22NSi.Ir/c1-13(2)25-19-10-5-4-9-18(19)24-21(25)17-8-6-7-15-16-12-11-14(3)23-22(16)26-20(15)17;1-13(2)15-11-16(14-9-7-6-8-10-14)18-12-17(15)19(3,4)5;/h4-7,9-13H,1-3H3;6-9,11-13H,1-5H3;/q2*-1;/i;13D;. The molecule has 0 aliphatic rings. The molecule has 0 aliphatic carbocycles. The van der Waals surface area contributed by atoms with Gasteiger partial charge in [0.25, 0.3) is 0 Å². The van der Waals surface area contributed by atoms with E-state index in [4.69, 9.17) is 10.8 Å². The molecule has 0 aliphatic heterocycles. The Balaban J connectivity index is 0.000000188. The van der Waals surface area contributed by atoms with Gasteiger partial charge in [0.1, 0.15) is 0 Å². The van der Waals surface area contributed by atoms with Crippen molar-refractivity contribution in [1.29, 1.82) is 0 Å². The summed E-state index contributed by atoms with van der Waals surface area (Å²) < 4.78 is 16.8. The Labute approximate surface area is 287 Å². The van der Waals surface area contributed by atoms with Crippen LogP contribution in [0.5, 0.6) is 0 Å². The van der Waals surface area contributed by atoms with Crippen LogP contribution in [0, 0.1) is 19.1 Å². The van der Waals surface area contributed by atoms with Crippen LogP contribution in [0.4, 0.5) is 0 Å². The van der Waals surface area contributed by atoms with Gasteiger partial charge in [0.15, 0.2) is 0 Å². The largest absolute Gasteiger partial charge is 0.486 e. The zero-order valence-electron chi connectivity index (χ0n) is 28.7. The number of nitrogens with zero attached hydrogens (tertiary/aromatic N) is 4. The molecule has 0 N–H and O–H groups in total. The number of hydrogen-bond acceptors (Lipinski definition) is 4. The van der Waals surface area contributed by atoms with E-state index >= 15 is 0 Å². The number of para-hydroxylation sites is 2. The van der Waals surface area contributed by atoms with E-state index in [0.29, 0.717) is 5.71 Å². The van der Waals surface area contributed by atoms with Gasteiger partial charge >= 0.3 is 0 Å². The minimum atomic E-state index is -1.50. The van der Waals surface area contributed by atoms with Gasteiger partial charge in [0.2, 0.25) is 5.71 Å². The second-order valence-corrected chi connectivity index (χ2v) is 18.1. The Bertz CT molecular complexity index is 2180. The van der Waals surface area contributed by atoms with Crippen molar-refractivity contribution in [3.05, 3.63) is 108 Å². The molecule has 46 heavy (non-hydrogen) atoms. The number of furan rings is 1. The van der Waals surface area contributed by atoms with Gasteiger partial charge in [-0.1, -0.05) is 68.2 Å². The van der Waals surface area contributed by atoms with E-state index in [1.54, 1.807) is 0 Å². The quantitative estimate of drug-likeness (QED) is 0.129. The Morgan fingerprint density at radius 1 is 0.870 bits per heavy atom. The summed E-state index contributed by atoms with van der Waals surface area (Å²) in [6, 6.07) is 33.0. The van der Waals surface area contributed by atoms with E-state index in [2.05, 4.69) is 78.4 Å². The molecule has 0 bridgehead atoms. The zero-order valence-corrected chi connectivity index (χ0v) is 31.1. The maximum atomic E-state index is 8.44. The summed E-state index contributed by atoms with van der Waals surface area (Å²) in [6.45, 7) is 17.1. The average molecular weight is 802 g/mol. The third kappa shape index (κ3) is 6.50. The van der Waals surface area contributed by atoms with Crippen molar-refractivity contribution in [3.63, 3.8) is 0 Å². The predicted octanol–water partition coefficient (Wildman–Crippen LogP) is 9.90. The number of fused-ring (bicyclic) bond motifs is 4. The SMILES string of the molecule is Cc1ccc2c(n1)oc1c(-c3nc4ccccc4n3C(C)C)[c-]ccc12.[2H]C(C)(C)c1cc(-c2[c-]cccc2)ncc1[Si](C)(C)C.[Ir]. The second-order valence-electron chi connectivity index (χ2n) is 13.0. The molecule has 7 rings (SSSR count). The van der Waals surface area contributed by atoms with Crippen molar-refractivity contribution in [2.45, 2.75) is 66.2 Å². The molecule has 7 heteroatoms. The van der Waals surface area contributed by atoms with Crippen LogP contribution in [0.3, 0.4) is 0 Å². The van der Waals surface area contributed by atoms with Gasteiger partial charge in [-0.15, -0.1) is 54.1 Å². The molecule has 5 nitrogen and oxygen atoms in total. The van der Waals surface area contributed by atoms with E-state index in [1.165, 1.54) is 5.19 Å². The summed E-state index contributed by atoms with van der Waals surface area (Å²) in [5.74, 6) is 0.268. The summed E-state index contributed by atoms with van der Waals surface area (Å²) >= 11 is 0. The molecule has 7 aromatic rings. The Morgan fingerprint density at radius 2 is 1.63 bits per heavy atom. The summed E-state index contributed by atoms with van der Waals surface area (Å²) in [5.41, 5.74) is 8.35. The molecule has 0 saturated carbocycles. The number of aromatic nitrogens is 4. The first-order valence-electron chi connectivity index (χ1n) is 16.0. The molecule has 1 radical (unpaired) electrons. The van der Waals surface area contributed by atoms with E-state index in [1.807, 2.05) is 87.6 Å². The van der Waals surface area contributed by atoms with Crippen molar-refractivity contribution in [2.24, 2.45) is 0 Å². The Morgan fingerprint density at radius 3 is 2.33 bits per heavy atom. The van der Waals surface area contributed by atoms with Gasteiger partial charge in [-0.3, -0.25) is 4.98 Å². The maximum absolute atomic E-state index is 8.44. The predicted molar refractivity (Wildman–Crippen MR) is 190 cm³/mol. The van der Waals surface area contributed by atoms with Gasteiger partial charge in [-0.05, 0) is 61.8 Å². The van der Waals surface area contributed by atoms with Crippen molar-refractivity contribution in [3.8, 4) is 22.6 Å². The molecule has 0 amide bonds. The fourth-order valence-electron chi connectivity index (χ4n) is 5.79. The smallest absolute Gasteiger partial charge is 0.216 e. The fraction of sp³-hybridized carbons (Fsp3) is 0.256. The van der Waals surface area contributed by atoms with Crippen LogP contribution >= 0.6 is 0 Å². The Kier molecular flexibility index (Phi) is 9.37. The number of rotatable bonds is 5. The van der Waals surface area contributed by atoms with Crippen LogP contribution in [0.1, 0.15) is 52.3 Å². The minimum absolute atomic E-state index is 0. The van der Waals surface area contributed by atoms with Crippen LogP contribution < -0.4 is 5.19 Å².